The summed E-state index contributed by atoms with van der Waals surface area (Å²) < 4.78 is 0. The molecule has 0 aliphatic carbocycles. The van der Waals surface area contributed by atoms with E-state index in [1.807, 2.05) is 0 Å². The van der Waals surface area contributed by atoms with Crippen LogP contribution in [0.4, 0.5) is 0 Å². The highest BCUT2D eigenvalue weighted by Gasteiger charge is 2.19. The van der Waals surface area contributed by atoms with Crippen molar-refractivity contribution in [3.05, 3.63) is 0 Å². The summed E-state index contributed by atoms with van der Waals surface area (Å²) in [6, 6.07) is 0. The summed E-state index contributed by atoms with van der Waals surface area (Å²) >= 11 is 2.87. The van der Waals surface area contributed by atoms with Crippen LogP contribution >= 0.6 is 15.9 Å². The number of alkyl halides is 1. The maximum atomic E-state index is 10.1. The number of carbonyl (C=O) groups is 1. The summed E-state index contributed by atoms with van der Waals surface area (Å²) in [5.74, 6) is -0.915. The van der Waals surface area contributed by atoms with Crippen molar-refractivity contribution in [2.45, 2.75) is 12.2 Å². The van der Waals surface area contributed by atoms with Gasteiger partial charge in [0.25, 0.3) is 0 Å². The number of amides is 1. The predicted octanol–water partition coefficient (Wildman–Crippen LogP) is -1.41. The molecule has 9 heavy (non-hydrogen) atoms. The second-order valence-corrected chi connectivity index (χ2v) is 2.22. The SMILES string of the molecule is NC(=O)[C@H](O)[C@@H](O)CBr. The average molecular weight is 198 g/mol. The van der Waals surface area contributed by atoms with Gasteiger partial charge in [0.15, 0.2) is 6.10 Å². The van der Waals surface area contributed by atoms with E-state index in [0.717, 1.165) is 0 Å². The van der Waals surface area contributed by atoms with E-state index >= 15 is 0 Å². The lowest BCUT2D eigenvalue weighted by molar-refractivity contribution is -0.130. The molecule has 0 aromatic rings. The highest BCUT2D eigenvalue weighted by molar-refractivity contribution is 9.09. The molecule has 0 aromatic carbocycles. The summed E-state index contributed by atoms with van der Waals surface area (Å²) in [5.41, 5.74) is 4.64. The largest absolute Gasteiger partial charge is 0.389 e. The number of rotatable bonds is 3. The summed E-state index contributed by atoms with van der Waals surface area (Å²) in [4.78, 5) is 10.1. The Kier molecular flexibility index (Phi) is 3.76. The zero-order chi connectivity index (χ0) is 7.44. The van der Waals surface area contributed by atoms with Crippen LogP contribution in [0.1, 0.15) is 0 Å². The lowest BCUT2D eigenvalue weighted by Crippen LogP contribution is -2.39. The Morgan fingerprint density at radius 1 is 1.67 bits per heavy atom. The van der Waals surface area contributed by atoms with Crippen LogP contribution < -0.4 is 5.73 Å². The molecule has 0 saturated heterocycles. The molecule has 0 spiro atoms. The van der Waals surface area contributed by atoms with E-state index in [1.54, 1.807) is 0 Å². The van der Waals surface area contributed by atoms with Gasteiger partial charge in [0.1, 0.15) is 0 Å². The summed E-state index contributed by atoms with van der Waals surface area (Å²) in [5, 5.41) is 17.5. The highest BCUT2D eigenvalue weighted by Crippen LogP contribution is 1.95. The Morgan fingerprint density at radius 3 is 2.22 bits per heavy atom. The van der Waals surface area contributed by atoms with Crippen LogP contribution in [0.2, 0.25) is 0 Å². The van der Waals surface area contributed by atoms with E-state index in [4.69, 9.17) is 10.2 Å². The fourth-order valence-corrected chi connectivity index (χ4v) is 0.628. The monoisotopic (exact) mass is 197 g/mol. The van der Waals surface area contributed by atoms with E-state index in [-0.39, 0.29) is 5.33 Å². The third-order valence-electron chi connectivity index (χ3n) is 0.814. The van der Waals surface area contributed by atoms with E-state index in [0.29, 0.717) is 0 Å². The molecule has 0 unspecified atom stereocenters. The van der Waals surface area contributed by atoms with Gasteiger partial charge in [-0.25, -0.2) is 0 Å². The van der Waals surface area contributed by atoms with Gasteiger partial charge in [-0.1, -0.05) is 15.9 Å². The van der Waals surface area contributed by atoms with Crippen molar-refractivity contribution >= 4 is 21.8 Å². The van der Waals surface area contributed by atoms with Gasteiger partial charge >= 0.3 is 0 Å². The highest BCUT2D eigenvalue weighted by atomic mass is 79.9. The molecular weight excluding hydrogens is 190 g/mol. The number of aliphatic hydroxyl groups is 2. The van der Waals surface area contributed by atoms with E-state index in [2.05, 4.69) is 21.7 Å². The lowest BCUT2D eigenvalue weighted by atomic mass is 10.2. The Balaban J connectivity index is 3.72. The molecule has 0 saturated carbocycles. The van der Waals surface area contributed by atoms with E-state index in [1.165, 1.54) is 0 Å². The molecule has 0 aliphatic rings. The molecule has 54 valence electrons. The van der Waals surface area contributed by atoms with Gasteiger partial charge in [-0.05, 0) is 0 Å². The van der Waals surface area contributed by atoms with E-state index in [9.17, 15) is 4.79 Å². The Bertz CT molecular complexity index is 108. The van der Waals surface area contributed by atoms with Crippen LogP contribution in [0.25, 0.3) is 0 Å². The number of hydrogen-bond donors (Lipinski definition) is 3. The van der Waals surface area contributed by atoms with Gasteiger partial charge in [0.2, 0.25) is 5.91 Å². The van der Waals surface area contributed by atoms with Crippen LogP contribution in [0.3, 0.4) is 0 Å². The maximum absolute atomic E-state index is 10.1. The first kappa shape index (κ1) is 8.87. The number of nitrogens with two attached hydrogens (primary N) is 1. The molecule has 0 fully saturated rings. The minimum Gasteiger partial charge on any atom is -0.389 e. The fourth-order valence-electron chi connectivity index (χ4n) is 0.274. The lowest BCUT2D eigenvalue weighted by Gasteiger charge is -2.10. The average Bonchev–Trinajstić information content (AvgIpc) is 1.84. The van der Waals surface area contributed by atoms with Gasteiger partial charge in [-0.3, -0.25) is 4.79 Å². The van der Waals surface area contributed by atoms with Gasteiger partial charge < -0.3 is 15.9 Å². The molecule has 1 amide bonds. The number of halogens is 1. The quantitative estimate of drug-likeness (QED) is 0.487. The summed E-state index contributed by atoms with van der Waals surface area (Å²) in [6.07, 6.45) is -2.58. The molecule has 5 heteroatoms. The third kappa shape index (κ3) is 2.78. The molecule has 0 rings (SSSR count). The van der Waals surface area contributed by atoms with Crippen molar-refractivity contribution < 1.29 is 15.0 Å². The predicted molar refractivity (Wildman–Crippen MR) is 35.0 cm³/mol. The van der Waals surface area contributed by atoms with Gasteiger partial charge in [0, 0.05) is 5.33 Å². The molecule has 2 atom stereocenters. The molecule has 4 N–H and O–H groups in total. The zero-order valence-electron chi connectivity index (χ0n) is 4.62. The first-order valence-electron chi connectivity index (χ1n) is 2.31. The number of aliphatic hydroxyl groups excluding tert-OH is 2. The fraction of sp³-hybridized carbons (Fsp3) is 0.750. The number of hydrogen-bond acceptors (Lipinski definition) is 3. The summed E-state index contributed by atoms with van der Waals surface area (Å²) in [7, 11) is 0. The van der Waals surface area contributed by atoms with Crippen LogP contribution in [0.5, 0.6) is 0 Å². The second kappa shape index (κ2) is 3.81. The minimum absolute atomic E-state index is 0.136. The van der Waals surface area contributed by atoms with Gasteiger partial charge in [0.05, 0.1) is 6.10 Å². The van der Waals surface area contributed by atoms with Gasteiger partial charge in [-0.15, -0.1) is 0 Å². The normalized spacial score (nSPS) is 16.8. The molecule has 0 aliphatic heterocycles. The summed E-state index contributed by atoms with van der Waals surface area (Å²) in [6.45, 7) is 0. The Morgan fingerprint density at radius 2 is 2.11 bits per heavy atom. The van der Waals surface area contributed by atoms with Crippen molar-refractivity contribution in [3.63, 3.8) is 0 Å². The number of primary amides is 1. The van der Waals surface area contributed by atoms with Crippen LogP contribution in [-0.2, 0) is 4.79 Å². The third-order valence-corrected chi connectivity index (χ3v) is 1.48. The van der Waals surface area contributed by atoms with Crippen molar-refractivity contribution in [1.82, 2.24) is 0 Å². The Hall–Kier alpha value is -0.130. The molecule has 0 radical (unpaired) electrons. The van der Waals surface area contributed by atoms with Crippen LogP contribution in [0, 0.1) is 0 Å². The first-order chi connectivity index (χ1) is 4.09. The standard InChI is InChI=1S/C4H8BrNO3/c5-1-2(7)3(8)4(6)9/h2-3,7-8H,1H2,(H2,6,9)/t2-,3+/m0/s1. The van der Waals surface area contributed by atoms with Crippen molar-refractivity contribution in [2.24, 2.45) is 5.73 Å². The minimum atomic E-state index is -1.47. The smallest absolute Gasteiger partial charge is 0.249 e. The van der Waals surface area contributed by atoms with Crippen molar-refractivity contribution in [1.29, 1.82) is 0 Å². The molecule has 4 nitrogen and oxygen atoms in total. The molecule has 0 aromatic heterocycles. The Labute approximate surface area is 60.8 Å². The molecule has 0 heterocycles. The second-order valence-electron chi connectivity index (χ2n) is 1.57. The number of carbonyl (C=O) groups excluding carboxylic acids is 1. The van der Waals surface area contributed by atoms with Gasteiger partial charge in [-0.2, -0.15) is 0 Å². The maximum Gasteiger partial charge on any atom is 0.249 e. The van der Waals surface area contributed by atoms with Crippen molar-refractivity contribution in [2.75, 3.05) is 5.33 Å². The van der Waals surface area contributed by atoms with Crippen LogP contribution in [-0.4, -0.2) is 33.7 Å². The molecule has 0 bridgehead atoms. The zero-order valence-corrected chi connectivity index (χ0v) is 6.21. The first-order valence-corrected chi connectivity index (χ1v) is 3.43. The van der Waals surface area contributed by atoms with Crippen LogP contribution in [0.15, 0.2) is 0 Å². The van der Waals surface area contributed by atoms with Crippen molar-refractivity contribution in [3.8, 4) is 0 Å². The van der Waals surface area contributed by atoms with E-state index < -0.39 is 18.1 Å². The molecular formula is C4H8BrNO3. The topological polar surface area (TPSA) is 83.6 Å².